The molecule has 2 heterocycles. The second kappa shape index (κ2) is 5.09. The van der Waals surface area contributed by atoms with E-state index in [2.05, 4.69) is 9.84 Å². The van der Waals surface area contributed by atoms with E-state index in [1.165, 1.54) is 32.8 Å². The van der Waals surface area contributed by atoms with Crippen LogP contribution in [-0.4, -0.2) is 34.6 Å². The summed E-state index contributed by atoms with van der Waals surface area (Å²) in [5.41, 5.74) is 6.44. The summed E-state index contributed by atoms with van der Waals surface area (Å²) in [4.78, 5) is 11.5. The third kappa shape index (κ3) is 2.40. The Hall–Kier alpha value is -1.56. The number of methoxy groups -OCH3 is 1. The van der Waals surface area contributed by atoms with E-state index in [0.29, 0.717) is 12.2 Å². The maximum absolute atomic E-state index is 11.5. The van der Waals surface area contributed by atoms with E-state index in [4.69, 9.17) is 10.5 Å². The Morgan fingerprint density at radius 1 is 1.55 bits per heavy atom. The van der Waals surface area contributed by atoms with Gasteiger partial charge in [-0.15, -0.1) is 0 Å². The van der Waals surface area contributed by atoms with Crippen LogP contribution < -0.4 is 5.73 Å². The predicted octanol–water partition coefficient (Wildman–Crippen LogP) is 1.74. The number of nitrogens with zero attached hydrogens (tertiary/aromatic N) is 2. The number of hydrogen-bond acceptors (Lipinski definition) is 5. The molecule has 0 radical (unpaired) electrons. The maximum atomic E-state index is 11.5. The molecule has 1 saturated heterocycles. The van der Waals surface area contributed by atoms with Gasteiger partial charge in [0, 0.05) is 6.20 Å². The molecule has 1 spiro atoms. The van der Waals surface area contributed by atoms with Crippen molar-refractivity contribution in [3.05, 3.63) is 11.9 Å². The van der Waals surface area contributed by atoms with Crippen LogP contribution in [0, 0.1) is 0 Å². The third-order valence-electron chi connectivity index (χ3n) is 4.41. The average Bonchev–Trinajstić information content (AvgIpc) is 3.13. The second-order valence-corrected chi connectivity index (χ2v) is 5.82. The number of carbonyl (C=O) groups is 1. The van der Waals surface area contributed by atoms with Gasteiger partial charge in [-0.2, -0.15) is 5.10 Å². The van der Waals surface area contributed by atoms with E-state index in [9.17, 15) is 4.79 Å². The van der Waals surface area contributed by atoms with Crippen molar-refractivity contribution in [3.63, 3.8) is 0 Å². The van der Waals surface area contributed by atoms with Gasteiger partial charge in [0.2, 0.25) is 0 Å². The van der Waals surface area contributed by atoms with Crippen LogP contribution in [0.5, 0.6) is 0 Å². The first-order valence-corrected chi connectivity index (χ1v) is 7.21. The number of nitrogen functional groups attached to an aromatic ring is 1. The minimum absolute atomic E-state index is 0.120. The summed E-state index contributed by atoms with van der Waals surface area (Å²) < 4.78 is 12.6. The van der Waals surface area contributed by atoms with E-state index in [1.807, 2.05) is 0 Å². The van der Waals surface area contributed by atoms with Crippen molar-refractivity contribution in [2.75, 3.05) is 12.8 Å². The van der Waals surface area contributed by atoms with E-state index in [-0.39, 0.29) is 17.4 Å². The Morgan fingerprint density at radius 2 is 2.30 bits per heavy atom. The molecule has 20 heavy (non-hydrogen) atoms. The summed E-state index contributed by atoms with van der Waals surface area (Å²) in [5.74, 6) is -0.499. The molecular formula is C14H21N3O3. The van der Waals surface area contributed by atoms with E-state index < -0.39 is 5.97 Å². The number of hydrogen-bond donors (Lipinski definition) is 1. The van der Waals surface area contributed by atoms with Crippen molar-refractivity contribution in [1.82, 2.24) is 9.78 Å². The van der Waals surface area contributed by atoms with Gasteiger partial charge in [-0.05, 0) is 25.7 Å². The molecule has 0 bridgehead atoms. The number of carbonyl (C=O) groups excluding carboxylic acids is 1. The van der Waals surface area contributed by atoms with Crippen molar-refractivity contribution >= 4 is 11.7 Å². The molecule has 1 saturated carbocycles. The maximum Gasteiger partial charge on any atom is 0.360 e. The lowest BCUT2D eigenvalue weighted by atomic mass is 9.98. The zero-order chi connectivity index (χ0) is 14.2. The van der Waals surface area contributed by atoms with Crippen LogP contribution in [0.2, 0.25) is 0 Å². The lowest BCUT2D eigenvalue weighted by molar-refractivity contribution is -0.0429. The van der Waals surface area contributed by atoms with Gasteiger partial charge in [0.15, 0.2) is 5.69 Å². The third-order valence-corrected chi connectivity index (χ3v) is 4.41. The van der Waals surface area contributed by atoms with Crippen LogP contribution in [0.4, 0.5) is 5.69 Å². The molecule has 2 N–H and O–H groups in total. The molecule has 1 aliphatic carbocycles. The Kier molecular flexibility index (Phi) is 3.41. The number of aromatic nitrogens is 2. The normalized spacial score (nSPS) is 24.4. The Balaban J connectivity index is 1.65. The minimum atomic E-state index is -0.499. The number of esters is 1. The van der Waals surface area contributed by atoms with Gasteiger partial charge in [-0.25, -0.2) is 4.79 Å². The molecule has 1 aromatic rings. The zero-order valence-electron chi connectivity index (χ0n) is 11.8. The molecule has 1 aliphatic heterocycles. The largest absolute Gasteiger partial charge is 0.464 e. The first kappa shape index (κ1) is 13.4. The van der Waals surface area contributed by atoms with Gasteiger partial charge in [0.1, 0.15) is 0 Å². The van der Waals surface area contributed by atoms with Gasteiger partial charge < -0.3 is 15.2 Å². The summed E-state index contributed by atoms with van der Waals surface area (Å²) in [7, 11) is 1.32. The van der Waals surface area contributed by atoms with Gasteiger partial charge in [-0.1, -0.05) is 12.8 Å². The standard InChI is InChI=1S/C14H21N3O3/c1-19-13(18)12-11(15)9-17(16-12)8-10-4-7-14(20-10)5-2-3-6-14/h9-10H,2-8,15H2,1H3. The number of anilines is 1. The van der Waals surface area contributed by atoms with Crippen molar-refractivity contribution < 1.29 is 14.3 Å². The fourth-order valence-electron chi connectivity index (χ4n) is 3.41. The van der Waals surface area contributed by atoms with Crippen LogP contribution in [0.25, 0.3) is 0 Å². The molecule has 6 nitrogen and oxygen atoms in total. The molecule has 2 aliphatic rings. The molecule has 2 fully saturated rings. The molecule has 1 atom stereocenters. The minimum Gasteiger partial charge on any atom is -0.464 e. The van der Waals surface area contributed by atoms with Crippen LogP contribution in [0.3, 0.4) is 0 Å². The molecule has 1 unspecified atom stereocenters. The summed E-state index contributed by atoms with van der Waals surface area (Å²) >= 11 is 0. The highest BCUT2D eigenvalue weighted by Gasteiger charge is 2.42. The Bertz CT molecular complexity index is 506. The average molecular weight is 279 g/mol. The first-order chi connectivity index (χ1) is 9.62. The van der Waals surface area contributed by atoms with Crippen molar-refractivity contribution in [2.45, 2.75) is 56.8 Å². The van der Waals surface area contributed by atoms with Crippen molar-refractivity contribution in [2.24, 2.45) is 0 Å². The zero-order valence-corrected chi connectivity index (χ0v) is 11.8. The molecule has 3 rings (SSSR count). The van der Waals surface area contributed by atoms with Gasteiger partial charge >= 0.3 is 5.97 Å². The van der Waals surface area contributed by atoms with Crippen LogP contribution >= 0.6 is 0 Å². The molecule has 0 amide bonds. The van der Waals surface area contributed by atoms with Gasteiger partial charge in [0.25, 0.3) is 0 Å². The fourth-order valence-corrected chi connectivity index (χ4v) is 3.41. The number of rotatable bonds is 3. The monoisotopic (exact) mass is 279 g/mol. The molecule has 0 aromatic carbocycles. The van der Waals surface area contributed by atoms with E-state index in [0.717, 1.165) is 12.8 Å². The SMILES string of the molecule is COC(=O)c1nn(CC2CCC3(CCCC3)O2)cc1N. The first-order valence-electron chi connectivity index (χ1n) is 7.21. The Morgan fingerprint density at radius 3 is 3.00 bits per heavy atom. The lowest BCUT2D eigenvalue weighted by Crippen LogP contribution is -2.26. The second-order valence-electron chi connectivity index (χ2n) is 5.82. The summed E-state index contributed by atoms with van der Waals surface area (Å²) in [6, 6.07) is 0. The molecule has 1 aromatic heterocycles. The number of ether oxygens (including phenoxy) is 2. The highest BCUT2D eigenvalue weighted by atomic mass is 16.5. The van der Waals surface area contributed by atoms with Crippen molar-refractivity contribution in [1.29, 1.82) is 0 Å². The molecule has 110 valence electrons. The van der Waals surface area contributed by atoms with E-state index >= 15 is 0 Å². The van der Waals surface area contributed by atoms with Gasteiger partial charge in [-0.3, -0.25) is 4.68 Å². The lowest BCUT2D eigenvalue weighted by Gasteiger charge is -2.23. The Labute approximate surface area is 118 Å². The highest BCUT2D eigenvalue weighted by Crippen LogP contribution is 2.43. The number of nitrogens with two attached hydrogens (primary N) is 1. The molecule has 6 heteroatoms. The fraction of sp³-hybridized carbons (Fsp3) is 0.714. The van der Waals surface area contributed by atoms with Crippen molar-refractivity contribution in [3.8, 4) is 0 Å². The summed E-state index contributed by atoms with van der Waals surface area (Å²) in [6.45, 7) is 0.642. The highest BCUT2D eigenvalue weighted by molar-refractivity contribution is 5.92. The summed E-state index contributed by atoms with van der Waals surface area (Å²) in [6.07, 6.45) is 8.93. The topological polar surface area (TPSA) is 79.4 Å². The summed E-state index contributed by atoms with van der Waals surface area (Å²) in [5, 5.41) is 4.20. The quantitative estimate of drug-likeness (QED) is 0.853. The van der Waals surface area contributed by atoms with E-state index in [1.54, 1.807) is 10.9 Å². The molecular weight excluding hydrogens is 258 g/mol. The van der Waals surface area contributed by atoms with Crippen LogP contribution in [0.1, 0.15) is 49.0 Å². The van der Waals surface area contributed by atoms with Crippen LogP contribution in [0.15, 0.2) is 6.20 Å². The van der Waals surface area contributed by atoms with Gasteiger partial charge in [0.05, 0.1) is 31.0 Å². The smallest absolute Gasteiger partial charge is 0.360 e. The van der Waals surface area contributed by atoms with Crippen LogP contribution in [-0.2, 0) is 16.0 Å². The predicted molar refractivity (Wildman–Crippen MR) is 73.3 cm³/mol.